The van der Waals surface area contributed by atoms with Gasteiger partial charge in [0.05, 0.1) is 34.1 Å². The lowest BCUT2D eigenvalue weighted by Gasteiger charge is -2.24. The quantitative estimate of drug-likeness (QED) is 0.552. The summed E-state index contributed by atoms with van der Waals surface area (Å²) in [5.74, 6) is 2.64. The summed E-state index contributed by atoms with van der Waals surface area (Å²) in [4.78, 5) is 15.3. The van der Waals surface area contributed by atoms with E-state index in [0.717, 1.165) is 37.1 Å². The second-order valence-electron chi connectivity index (χ2n) is 8.30. The third kappa shape index (κ3) is 4.81. The SMILES string of the molecule is COc1ccc(C2CCCCN(C(=O)c3cc(-c4cc(OC)c(OC)c(OC)c4)n[nH]3)C2)cc1. The average molecular weight is 466 g/mol. The van der Waals surface area contributed by atoms with E-state index in [0.29, 0.717) is 35.2 Å². The molecule has 4 rings (SSSR count). The number of H-pyrrole nitrogens is 1. The van der Waals surface area contributed by atoms with Gasteiger partial charge in [-0.3, -0.25) is 9.89 Å². The van der Waals surface area contributed by atoms with Crippen molar-refractivity contribution in [1.82, 2.24) is 15.1 Å². The molecule has 34 heavy (non-hydrogen) atoms. The maximum absolute atomic E-state index is 13.4. The van der Waals surface area contributed by atoms with Crippen LogP contribution in [0, 0.1) is 0 Å². The first kappa shape index (κ1) is 23.5. The number of benzene rings is 2. The van der Waals surface area contributed by atoms with Gasteiger partial charge < -0.3 is 23.8 Å². The lowest BCUT2D eigenvalue weighted by atomic mass is 9.94. The number of aromatic amines is 1. The molecule has 2 aromatic carbocycles. The number of amides is 1. The van der Waals surface area contributed by atoms with E-state index < -0.39 is 0 Å². The predicted octanol–water partition coefficient (Wildman–Crippen LogP) is 4.52. The highest BCUT2D eigenvalue weighted by atomic mass is 16.5. The van der Waals surface area contributed by atoms with Crippen molar-refractivity contribution >= 4 is 5.91 Å². The zero-order chi connectivity index (χ0) is 24.1. The van der Waals surface area contributed by atoms with Crippen molar-refractivity contribution < 1.29 is 23.7 Å². The van der Waals surface area contributed by atoms with Crippen molar-refractivity contribution in [3.05, 3.63) is 53.7 Å². The van der Waals surface area contributed by atoms with Crippen molar-refractivity contribution in [1.29, 1.82) is 0 Å². The number of aromatic nitrogens is 2. The maximum atomic E-state index is 13.4. The number of carbonyl (C=O) groups is 1. The molecule has 8 nitrogen and oxygen atoms in total. The number of rotatable bonds is 7. The molecule has 1 aliphatic rings. The summed E-state index contributed by atoms with van der Waals surface area (Å²) >= 11 is 0. The van der Waals surface area contributed by atoms with Gasteiger partial charge in [-0.1, -0.05) is 18.6 Å². The number of carbonyl (C=O) groups excluding carboxylic acids is 1. The molecular weight excluding hydrogens is 434 g/mol. The molecule has 0 radical (unpaired) electrons. The standard InChI is InChI=1S/C26H31N3O5/c1-31-20-10-8-17(9-11-20)18-7-5-6-12-29(16-18)26(30)22-15-21(27-28-22)19-13-23(32-2)25(34-4)24(14-19)33-3/h8-11,13-15,18H,5-7,12,16H2,1-4H3,(H,27,28). The number of likely N-dealkylation sites (tertiary alicyclic amines) is 1. The zero-order valence-electron chi connectivity index (χ0n) is 20.1. The van der Waals surface area contributed by atoms with E-state index in [9.17, 15) is 4.79 Å². The number of hydrogen-bond acceptors (Lipinski definition) is 6. The molecule has 8 heteroatoms. The van der Waals surface area contributed by atoms with Crippen LogP contribution in [0.5, 0.6) is 23.0 Å². The summed E-state index contributed by atoms with van der Waals surface area (Å²) in [6.45, 7) is 1.40. The van der Waals surface area contributed by atoms with Gasteiger partial charge in [0.25, 0.3) is 5.91 Å². The fourth-order valence-corrected chi connectivity index (χ4v) is 4.45. The van der Waals surface area contributed by atoms with Crippen molar-refractivity contribution in [3.8, 4) is 34.3 Å². The van der Waals surface area contributed by atoms with E-state index in [4.69, 9.17) is 18.9 Å². The molecule has 180 valence electrons. The van der Waals surface area contributed by atoms with E-state index in [-0.39, 0.29) is 11.8 Å². The third-order valence-corrected chi connectivity index (χ3v) is 6.31. The highest BCUT2D eigenvalue weighted by Gasteiger charge is 2.26. The fourth-order valence-electron chi connectivity index (χ4n) is 4.45. The van der Waals surface area contributed by atoms with Crippen LogP contribution >= 0.6 is 0 Å². The van der Waals surface area contributed by atoms with E-state index in [2.05, 4.69) is 22.3 Å². The van der Waals surface area contributed by atoms with Gasteiger partial charge in [-0.15, -0.1) is 0 Å². The predicted molar refractivity (Wildman–Crippen MR) is 129 cm³/mol. The van der Waals surface area contributed by atoms with Gasteiger partial charge in [0.1, 0.15) is 11.4 Å². The minimum Gasteiger partial charge on any atom is -0.497 e. The summed E-state index contributed by atoms with van der Waals surface area (Å²) in [6.07, 6.45) is 3.11. The maximum Gasteiger partial charge on any atom is 0.271 e. The summed E-state index contributed by atoms with van der Waals surface area (Å²) in [7, 11) is 6.36. The van der Waals surface area contributed by atoms with Gasteiger partial charge in [0.2, 0.25) is 5.75 Å². The Morgan fingerprint density at radius 2 is 1.65 bits per heavy atom. The van der Waals surface area contributed by atoms with Crippen LogP contribution < -0.4 is 18.9 Å². The topological polar surface area (TPSA) is 85.9 Å². The smallest absolute Gasteiger partial charge is 0.271 e. The average Bonchev–Trinajstić information content (AvgIpc) is 3.25. The first-order valence-electron chi connectivity index (χ1n) is 11.4. The Morgan fingerprint density at radius 1 is 0.941 bits per heavy atom. The number of ether oxygens (including phenoxy) is 4. The highest BCUT2D eigenvalue weighted by molar-refractivity contribution is 5.93. The van der Waals surface area contributed by atoms with Crippen LogP contribution in [-0.2, 0) is 0 Å². The first-order valence-corrected chi connectivity index (χ1v) is 11.4. The van der Waals surface area contributed by atoms with Crippen molar-refractivity contribution in [3.63, 3.8) is 0 Å². The van der Waals surface area contributed by atoms with Crippen LogP contribution in [0.25, 0.3) is 11.3 Å². The Kier molecular flexibility index (Phi) is 7.25. The molecule has 1 saturated heterocycles. The van der Waals surface area contributed by atoms with E-state index >= 15 is 0 Å². The number of nitrogens with one attached hydrogen (secondary N) is 1. The number of nitrogens with zero attached hydrogens (tertiary/aromatic N) is 2. The van der Waals surface area contributed by atoms with E-state index in [1.54, 1.807) is 34.5 Å². The van der Waals surface area contributed by atoms with Gasteiger partial charge in [-0.05, 0) is 48.7 Å². The third-order valence-electron chi connectivity index (χ3n) is 6.31. The van der Waals surface area contributed by atoms with E-state index in [1.165, 1.54) is 5.56 Å². The molecule has 1 fully saturated rings. The van der Waals surface area contributed by atoms with E-state index in [1.807, 2.05) is 29.2 Å². The monoisotopic (exact) mass is 465 g/mol. The van der Waals surface area contributed by atoms with Crippen LogP contribution in [-0.4, -0.2) is 62.5 Å². The zero-order valence-corrected chi connectivity index (χ0v) is 20.1. The Morgan fingerprint density at radius 3 is 2.26 bits per heavy atom. The van der Waals surface area contributed by atoms with Crippen LogP contribution in [0.3, 0.4) is 0 Å². The molecular formula is C26H31N3O5. The molecule has 0 saturated carbocycles. The molecule has 0 bridgehead atoms. The van der Waals surface area contributed by atoms with Crippen LogP contribution in [0.2, 0.25) is 0 Å². The minimum absolute atomic E-state index is 0.0494. The molecule has 3 aromatic rings. The summed E-state index contributed by atoms with van der Waals surface area (Å²) < 4.78 is 21.6. The summed E-state index contributed by atoms with van der Waals surface area (Å²) in [6, 6.07) is 13.5. The Hall–Kier alpha value is -3.68. The second-order valence-corrected chi connectivity index (χ2v) is 8.30. The first-order chi connectivity index (χ1) is 16.6. The Bertz CT molecular complexity index is 1100. The summed E-state index contributed by atoms with van der Waals surface area (Å²) in [5, 5.41) is 7.31. The van der Waals surface area contributed by atoms with Gasteiger partial charge in [-0.25, -0.2) is 0 Å². The van der Waals surface area contributed by atoms with Gasteiger partial charge in [-0.2, -0.15) is 5.10 Å². The molecule has 1 N–H and O–H groups in total. The van der Waals surface area contributed by atoms with Crippen LogP contribution in [0.15, 0.2) is 42.5 Å². The molecule has 1 aromatic heterocycles. The van der Waals surface area contributed by atoms with Gasteiger partial charge >= 0.3 is 0 Å². The van der Waals surface area contributed by atoms with Gasteiger partial charge in [0.15, 0.2) is 11.5 Å². The lowest BCUT2D eigenvalue weighted by Crippen LogP contribution is -2.34. The normalized spacial score (nSPS) is 16.0. The Labute approximate surface area is 199 Å². The molecule has 0 aliphatic carbocycles. The molecule has 1 unspecified atom stereocenters. The summed E-state index contributed by atoms with van der Waals surface area (Å²) in [5.41, 5.74) is 3.07. The van der Waals surface area contributed by atoms with Crippen molar-refractivity contribution in [2.24, 2.45) is 0 Å². The molecule has 2 heterocycles. The molecule has 1 aliphatic heterocycles. The number of methoxy groups -OCH3 is 4. The fraction of sp³-hybridized carbons (Fsp3) is 0.385. The highest BCUT2D eigenvalue weighted by Crippen LogP contribution is 2.41. The van der Waals surface area contributed by atoms with Crippen molar-refractivity contribution in [2.45, 2.75) is 25.2 Å². The van der Waals surface area contributed by atoms with Crippen LogP contribution in [0.1, 0.15) is 41.2 Å². The molecule has 1 amide bonds. The largest absolute Gasteiger partial charge is 0.497 e. The van der Waals surface area contributed by atoms with Crippen LogP contribution in [0.4, 0.5) is 0 Å². The Balaban J connectivity index is 1.55. The minimum atomic E-state index is -0.0494. The second kappa shape index (κ2) is 10.5. The van der Waals surface area contributed by atoms with Crippen molar-refractivity contribution in [2.75, 3.05) is 41.5 Å². The van der Waals surface area contributed by atoms with Gasteiger partial charge in [0, 0.05) is 24.6 Å². The molecule has 0 spiro atoms. The lowest BCUT2D eigenvalue weighted by molar-refractivity contribution is 0.0748. The molecule has 1 atom stereocenters. The number of hydrogen-bond donors (Lipinski definition) is 1.